The van der Waals surface area contributed by atoms with Crippen molar-refractivity contribution in [2.75, 3.05) is 0 Å². The van der Waals surface area contributed by atoms with E-state index in [0.717, 1.165) is 10.8 Å². The molecule has 0 heterocycles. The van der Waals surface area contributed by atoms with Gasteiger partial charge in [-0.3, -0.25) is 0 Å². The lowest BCUT2D eigenvalue weighted by Crippen LogP contribution is -1.64. The molecular weight excluding hydrogens is 92.1 g/mol. The highest BCUT2D eigenvalue weighted by atomic mass is 32.1. The molecule has 6 heavy (non-hydrogen) atoms. The van der Waals surface area contributed by atoms with Gasteiger partial charge in [-0.05, 0) is 23.7 Å². The highest BCUT2D eigenvalue weighted by molar-refractivity contribution is 7.84. The predicted molar refractivity (Wildman–Crippen MR) is 30.8 cm³/mol. The Morgan fingerprint density at radius 1 is 1.67 bits per heavy atom. The molecule has 0 amide bonds. The van der Waals surface area contributed by atoms with Crippen LogP contribution in [0.5, 0.6) is 0 Å². The smallest absolute Gasteiger partial charge is 0.0110 e. The molecule has 0 aromatic carbocycles. The fraction of sp³-hybridized carbons (Fsp3) is 0.600. The van der Waals surface area contributed by atoms with Gasteiger partial charge in [-0.1, -0.05) is 6.58 Å². The number of thiol groups is 1. The van der Waals surface area contributed by atoms with Gasteiger partial charge in [0.05, 0.1) is 0 Å². The molecule has 1 aliphatic carbocycles. The van der Waals surface area contributed by atoms with Crippen molar-refractivity contribution in [1.29, 1.82) is 0 Å². The molecule has 0 radical (unpaired) electrons. The zero-order valence-corrected chi connectivity index (χ0v) is 4.54. The van der Waals surface area contributed by atoms with E-state index in [1.807, 2.05) is 0 Å². The lowest BCUT2D eigenvalue weighted by atomic mass is 10.4. The summed E-state index contributed by atoms with van der Waals surface area (Å²) in [5, 5.41) is 0. The van der Waals surface area contributed by atoms with Gasteiger partial charge < -0.3 is 0 Å². The molecule has 0 nitrogen and oxygen atoms in total. The van der Waals surface area contributed by atoms with Crippen molar-refractivity contribution in [2.45, 2.75) is 12.8 Å². The van der Waals surface area contributed by atoms with Crippen LogP contribution >= 0.6 is 12.6 Å². The summed E-state index contributed by atoms with van der Waals surface area (Å²) in [5.41, 5.74) is 0. The maximum Gasteiger partial charge on any atom is -0.0110 e. The Morgan fingerprint density at radius 2 is 2.17 bits per heavy atom. The van der Waals surface area contributed by atoms with E-state index < -0.39 is 0 Å². The Bertz CT molecular complexity index is 72.0. The van der Waals surface area contributed by atoms with Crippen LogP contribution in [0.4, 0.5) is 0 Å². The molecule has 1 saturated carbocycles. The zero-order valence-electron chi connectivity index (χ0n) is 3.65. The SMILES string of the molecule is C=C(S)C1CC1. The summed E-state index contributed by atoms with van der Waals surface area (Å²) < 4.78 is 0. The minimum atomic E-state index is 0.772. The number of allylic oxidation sites excluding steroid dienone is 1. The Morgan fingerprint density at radius 3 is 2.17 bits per heavy atom. The van der Waals surface area contributed by atoms with Gasteiger partial charge >= 0.3 is 0 Å². The first-order chi connectivity index (χ1) is 2.80. The molecule has 0 unspecified atom stereocenters. The van der Waals surface area contributed by atoms with Crippen LogP contribution in [0.15, 0.2) is 11.5 Å². The Balaban J connectivity index is 2.31. The third kappa shape index (κ3) is 0.777. The second kappa shape index (κ2) is 1.30. The average molecular weight is 100 g/mol. The average Bonchev–Trinajstić information content (AvgIpc) is 2.06. The summed E-state index contributed by atoms with van der Waals surface area (Å²) in [6.45, 7) is 3.68. The topological polar surface area (TPSA) is 0 Å². The van der Waals surface area contributed by atoms with Gasteiger partial charge in [-0.25, -0.2) is 0 Å². The lowest BCUT2D eigenvalue weighted by molar-refractivity contribution is 1.11. The molecule has 1 aliphatic rings. The molecule has 1 heteroatoms. The molecular formula is C5H8S. The van der Waals surface area contributed by atoms with Gasteiger partial charge in [-0.2, -0.15) is 0 Å². The van der Waals surface area contributed by atoms with Crippen molar-refractivity contribution in [2.24, 2.45) is 5.92 Å². The molecule has 0 aromatic rings. The first-order valence-corrected chi connectivity index (χ1v) is 2.63. The summed E-state index contributed by atoms with van der Waals surface area (Å²) >= 11 is 4.06. The van der Waals surface area contributed by atoms with Crippen LogP contribution in [0.2, 0.25) is 0 Å². The summed E-state index contributed by atoms with van der Waals surface area (Å²) in [6, 6.07) is 0. The molecule has 0 atom stereocenters. The van der Waals surface area contributed by atoms with Crippen molar-refractivity contribution >= 4 is 12.6 Å². The molecule has 0 aliphatic heterocycles. The third-order valence-corrected chi connectivity index (χ3v) is 1.41. The second-order valence-corrected chi connectivity index (χ2v) is 2.34. The molecule has 34 valence electrons. The van der Waals surface area contributed by atoms with E-state index in [0.29, 0.717) is 0 Å². The molecule has 0 N–H and O–H groups in total. The molecule has 1 fully saturated rings. The molecule has 1 rings (SSSR count). The maximum absolute atomic E-state index is 4.06. The van der Waals surface area contributed by atoms with Crippen molar-refractivity contribution < 1.29 is 0 Å². The predicted octanol–water partition coefficient (Wildman–Crippen LogP) is 1.84. The summed E-state index contributed by atoms with van der Waals surface area (Å²) in [4.78, 5) is 1.06. The van der Waals surface area contributed by atoms with Crippen molar-refractivity contribution in [3.05, 3.63) is 11.5 Å². The van der Waals surface area contributed by atoms with E-state index in [9.17, 15) is 0 Å². The van der Waals surface area contributed by atoms with Crippen LogP contribution in [-0.2, 0) is 0 Å². The normalized spacial score (nSPS) is 20.8. The molecule has 0 bridgehead atoms. The van der Waals surface area contributed by atoms with E-state index >= 15 is 0 Å². The van der Waals surface area contributed by atoms with E-state index in [1.54, 1.807) is 0 Å². The number of hydrogen-bond donors (Lipinski definition) is 1. The number of rotatable bonds is 1. The molecule has 0 saturated heterocycles. The van der Waals surface area contributed by atoms with E-state index in [4.69, 9.17) is 0 Å². The van der Waals surface area contributed by atoms with Gasteiger partial charge in [0.2, 0.25) is 0 Å². The number of hydrogen-bond acceptors (Lipinski definition) is 1. The van der Waals surface area contributed by atoms with Gasteiger partial charge in [0.1, 0.15) is 0 Å². The van der Waals surface area contributed by atoms with Crippen molar-refractivity contribution in [3.8, 4) is 0 Å². The van der Waals surface area contributed by atoms with Crippen molar-refractivity contribution in [1.82, 2.24) is 0 Å². The van der Waals surface area contributed by atoms with Gasteiger partial charge in [0.25, 0.3) is 0 Å². The molecule has 0 spiro atoms. The van der Waals surface area contributed by atoms with Crippen LogP contribution in [0, 0.1) is 5.92 Å². The first-order valence-electron chi connectivity index (χ1n) is 2.18. The maximum atomic E-state index is 4.06. The van der Waals surface area contributed by atoms with Crippen LogP contribution in [0.3, 0.4) is 0 Å². The Hall–Kier alpha value is 0.0900. The van der Waals surface area contributed by atoms with Crippen LogP contribution < -0.4 is 0 Å². The fourth-order valence-corrected chi connectivity index (χ4v) is 0.675. The van der Waals surface area contributed by atoms with E-state index in [-0.39, 0.29) is 0 Å². The quantitative estimate of drug-likeness (QED) is 0.477. The minimum Gasteiger partial charge on any atom is -0.148 e. The summed E-state index contributed by atoms with van der Waals surface area (Å²) in [5.74, 6) is 0.772. The van der Waals surface area contributed by atoms with E-state index in [2.05, 4.69) is 19.2 Å². The van der Waals surface area contributed by atoms with Crippen molar-refractivity contribution in [3.63, 3.8) is 0 Å². The Labute approximate surface area is 43.7 Å². The van der Waals surface area contributed by atoms with Gasteiger partial charge in [0.15, 0.2) is 0 Å². The Kier molecular flexibility index (Phi) is 0.922. The van der Waals surface area contributed by atoms with Crippen LogP contribution in [0.1, 0.15) is 12.8 Å². The molecule has 0 aromatic heterocycles. The monoisotopic (exact) mass is 100 g/mol. The zero-order chi connectivity index (χ0) is 4.57. The van der Waals surface area contributed by atoms with Gasteiger partial charge in [0, 0.05) is 0 Å². The lowest BCUT2D eigenvalue weighted by Gasteiger charge is -1.82. The highest BCUT2D eigenvalue weighted by Gasteiger charge is 2.21. The van der Waals surface area contributed by atoms with Crippen LogP contribution in [-0.4, -0.2) is 0 Å². The second-order valence-electron chi connectivity index (χ2n) is 1.77. The van der Waals surface area contributed by atoms with E-state index in [1.165, 1.54) is 12.8 Å². The minimum absolute atomic E-state index is 0.772. The summed E-state index contributed by atoms with van der Waals surface area (Å²) in [6.07, 6.45) is 2.64. The highest BCUT2D eigenvalue weighted by Crippen LogP contribution is 2.36. The largest absolute Gasteiger partial charge is 0.148 e. The van der Waals surface area contributed by atoms with Gasteiger partial charge in [-0.15, -0.1) is 12.6 Å². The third-order valence-electron chi connectivity index (χ3n) is 1.05. The standard InChI is InChI=1S/C5H8S/c1-4(6)5-2-3-5/h5-6H,1-3H2. The first kappa shape index (κ1) is 4.25. The fourth-order valence-electron chi connectivity index (χ4n) is 0.417. The summed E-state index contributed by atoms with van der Waals surface area (Å²) in [7, 11) is 0. The van der Waals surface area contributed by atoms with Crippen LogP contribution in [0.25, 0.3) is 0 Å².